The van der Waals surface area contributed by atoms with Gasteiger partial charge in [-0.2, -0.15) is 0 Å². The maximum atomic E-state index is 5.98. The van der Waals surface area contributed by atoms with Crippen LogP contribution in [0, 0.1) is 6.92 Å². The summed E-state index contributed by atoms with van der Waals surface area (Å²) in [5.74, 6) is 0.983. The van der Waals surface area contributed by atoms with Crippen molar-refractivity contribution in [2.24, 2.45) is 0 Å². The van der Waals surface area contributed by atoms with E-state index in [-0.39, 0.29) is 12.1 Å². The molecule has 5 nitrogen and oxygen atoms in total. The van der Waals surface area contributed by atoms with Gasteiger partial charge in [-0.05, 0) is 19.1 Å². The number of hydrogen-bond donors (Lipinski definition) is 1. The van der Waals surface area contributed by atoms with Crippen molar-refractivity contribution in [1.29, 1.82) is 0 Å². The lowest BCUT2D eigenvalue weighted by molar-refractivity contribution is 0.142. The summed E-state index contributed by atoms with van der Waals surface area (Å²) in [6.45, 7) is 3.27. The number of nitrogen functional groups attached to an aromatic ring is 1. The number of fused-ring (bicyclic) bond motifs is 1. The molecule has 3 rings (SSSR count). The highest BCUT2D eigenvalue weighted by Gasteiger charge is 2.19. The van der Waals surface area contributed by atoms with Gasteiger partial charge >= 0.3 is 0 Å². The van der Waals surface area contributed by atoms with Crippen LogP contribution in [-0.2, 0) is 4.74 Å². The molecule has 19 heavy (non-hydrogen) atoms. The first-order valence-electron chi connectivity index (χ1n) is 6.11. The van der Waals surface area contributed by atoms with E-state index in [2.05, 4.69) is 25.9 Å². The number of nitrogens with two attached hydrogens (primary N) is 1. The Bertz CT molecular complexity index is 627. The fraction of sp³-hybridized carbons (Fsp3) is 0.385. The van der Waals surface area contributed by atoms with Gasteiger partial charge in [0.1, 0.15) is 17.4 Å². The zero-order chi connectivity index (χ0) is 13.4. The van der Waals surface area contributed by atoms with Gasteiger partial charge < -0.3 is 15.2 Å². The number of aryl methyl sites for hydroxylation is 1. The molecule has 1 aliphatic heterocycles. The molecule has 0 bridgehead atoms. The van der Waals surface area contributed by atoms with Crippen LogP contribution in [0.3, 0.4) is 0 Å². The molecule has 1 saturated heterocycles. The Hall–Kier alpha value is -1.40. The van der Waals surface area contributed by atoms with E-state index in [4.69, 9.17) is 15.2 Å². The number of benzene rings is 1. The third kappa shape index (κ3) is 2.50. The molecule has 6 heteroatoms. The molecule has 0 unspecified atom stereocenters. The first-order valence-corrected chi connectivity index (χ1v) is 6.90. The minimum atomic E-state index is 0.0778. The molecule has 2 aromatic rings. The third-order valence-corrected chi connectivity index (χ3v) is 3.58. The fourth-order valence-electron chi connectivity index (χ4n) is 2.21. The molecule has 1 atom stereocenters. The normalized spacial score (nSPS) is 18.9. The summed E-state index contributed by atoms with van der Waals surface area (Å²) < 4.78 is 12.2. The molecule has 100 valence electrons. The van der Waals surface area contributed by atoms with Crippen LogP contribution in [0.25, 0.3) is 10.9 Å². The van der Waals surface area contributed by atoms with E-state index < -0.39 is 0 Å². The summed E-state index contributed by atoms with van der Waals surface area (Å²) in [6.07, 6.45) is 0.974. The zero-order valence-corrected chi connectivity index (χ0v) is 12.1. The number of ether oxygens (including phenoxy) is 2. The predicted octanol–water partition coefficient (Wildman–Crippen LogP) is 2.45. The molecule has 1 aliphatic rings. The third-order valence-electron chi connectivity index (χ3n) is 3.12. The van der Waals surface area contributed by atoms with E-state index >= 15 is 0 Å². The topological polar surface area (TPSA) is 70.3 Å². The molecule has 2 heterocycles. The van der Waals surface area contributed by atoms with Gasteiger partial charge in [-0.3, -0.25) is 0 Å². The molecule has 0 saturated carbocycles. The predicted molar refractivity (Wildman–Crippen MR) is 76.2 cm³/mol. The lowest BCUT2D eigenvalue weighted by Gasteiger charge is -2.14. The van der Waals surface area contributed by atoms with Crippen molar-refractivity contribution in [1.82, 2.24) is 9.97 Å². The van der Waals surface area contributed by atoms with E-state index in [1.165, 1.54) is 0 Å². The Kier molecular flexibility index (Phi) is 3.28. The lowest BCUT2D eigenvalue weighted by atomic mass is 10.2. The van der Waals surface area contributed by atoms with Crippen molar-refractivity contribution >= 4 is 32.8 Å². The van der Waals surface area contributed by atoms with Gasteiger partial charge in [0.05, 0.1) is 18.9 Å². The summed E-state index contributed by atoms with van der Waals surface area (Å²) in [4.78, 5) is 8.48. The molecule has 1 aromatic heterocycles. The monoisotopic (exact) mass is 323 g/mol. The zero-order valence-electron chi connectivity index (χ0n) is 10.5. The van der Waals surface area contributed by atoms with Gasteiger partial charge in [-0.1, -0.05) is 15.9 Å². The largest absolute Gasteiger partial charge is 0.486 e. The van der Waals surface area contributed by atoms with Gasteiger partial charge in [-0.25, -0.2) is 9.97 Å². The van der Waals surface area contributed by atoms with Crippen molar-refractivity contribution in [2.75, 3.05) is 18.9 Å². The Morgan fingerprint density at radius 3 is 3.00 bits per heavy atom. The van der Waals surface area contributed by atoms with E-state index in [1.54, 1.807) is 0 Å². The van der Waals surface area contributed by atoms with Crippen molar-refractivity contribution in [2.45, 2.75) is 19.4 Å². The van der Waals surface area contributed by atoms with Crippen LogP contribution in [0.5, 0.6) is 5.75 Å². The number of rotatable bonds is 2. The SMILES string of the molecule is Cc1nc(N)nc2c(O[C@H]3CCOC3)cc(Br)cc12. The Morgan fingerprint density at radius 1 is 1.42 bits per heavy atom. The lowest BCUT2D eigenvalue weighted by Crippen LogP contribution is -2.16. The van der Waals surface area contributed by atoms with E-state index in [0.29, 0.717) is 6.61 Å². The maximum absolute atomic E-state index is 5.98. The second-order valence-corrected chi connectivity index (χ2v) is 5.49. The number of aromatic nitrogens is 2. The smallest absolute Gasteiger partial charge is 0.220 e. The number of hydrogen-bond acceptors (Lipinski definition) is 5. The molecule has 2 N–H and O–H groups in total. The minimum Gasteiger partial charge on any atom is -0.486 e. The molecular formula is C13H14BrN3O2. The van der Waals surface area contributed by atoms with Crippen molar-refractivity contribution in [3.05, 3.63) is 22.3 Å². The maximum Gasteiger partial charge on any atom is 0.220 e. The highest BCUT2D eigenvalue weighted by Crippen LogP contribution is 2.32. The van der Waals surface area contributed by atoms with Crippen LogP contribution >= 0.6 is 15.9 Å². The Morgan fingerprint density at radius 2 is 2.26 bits per heavy atom. The Balaban J connectivity index is 2.11. The number of nitrogens with zero attached hydrogens (tertiary/aromatic N) is 2. The van der Waals surface area contributed by atoms with Crippen molar-refractivity contribution in [3.63, 3.8) is 0 Å². The van der Waals surface area contributed by atoms with Crippen LogP contribution in [0.2, 0.25) is 0 Å². The first-order chi connectivity index (χ1) is 9.13. The Labute approximate surface area is 119 Å². The fourth-order valence-corrected chi connectivity index (χ4v) is 2.65. The van der Waals surface area contributed by atoms with Gasteiger partial charge in [0.25, 0.3) is 0 Å². The number of anilines is 1. The van der Waals surface area contributed by atoms with Gasteiger partial charge in [-0.15, -0.1) is 0 Å². The quantitative estimate of drug-likeness (QED) is 0.919. The summed E-state index contributed by atoms with van der Waals surface area (Å²) in [5, 5.41) is 0.942. The molecule has 0 amide bonds. The molecule has 1 fully saturated rings. The van der Waals surface area contributed by atoms with E-state index in [1.807, 2.05) is 19.1 Å². The van der Waals surface area contributed by atoms with Crippen LogP contribution in [0.15, 0.2) is 16.6 Å². The molecule has 0 spiro atoms. The number of halogens is 1. The van der Waals surface area contributed by atoms with Gasteiger partial charge in [0.2, 0.25) is 5.95 Å². The average Bonchev–Trinajstić information content (AvgIpc) is 2.83. The first kappa shape index (κ1) is 12.6. The van der Waals surface area contributed by atoms with Crippen LogP contribution < -0.4 is 10.5 Å². The second kappa shape index (κ2) is 4.94. The van der Waals surface area contributed by atoms with Gasteiger partial charge in [0, 0.05) is 16.3 Å². The highest BCUT2D eigenvalue weighted by molar-refractivity contribution is 9.10. The van der Waals surface area contributed by atoms with Crippen LogP contribution in [0.4, 0.5) is 5.95 Å². The summed E-state index contributed by atoms with van der Waals surface area (Å²) in [7, 11) is 0. The van der Waals surface area contributed by atoms with E-state index in [9.17, 15) is 0 Å². The van der Waals surface area contributed by atoms with Crippen LogP contribution in [0.1, 0.15) is 12.1 Å². The van der Waals surface area contributed by atoms with E-state index in [0.717, 1.165) is 39.8 Å². The molecular weight excluding hydrogens is 310 g/mol. The molecule has 1 aromatic carbocycles. The molecule has 0 radical (unpaired) electrons. The van der Waals surface area contributed by atoms with Crippen molar-refractivity contribution in [3.8, 4) is 5.75 Å². The summed E-state index contributed by atoms with van der Waals surface area (Å²) in [5.41, 5.74) is 7.32. The van der Waals surface area contributed by atoms with Gasteiger partial charge in [0.15, 0.2) is 0 Å². The van der Waals surface area contributed by atoms with Crippen LogP contribution in [-0.4, -0.2) is 29.3 Å². The summed E-state index contributed by atoms with van der Waals surface area (Å²) in [6, 6.07) is 3.88. The summed E-state index contributed by atoms with van der Waals surface area (Å²) >= 11 is 3.49. The second-order valence-electron chi connectivity index (χ2n) is 4.57. The minimum absolute atomic E-state index is 0.0778. The van der Waals surface area contributed by atoms with Crippen molar-refractivity contribution < 1.29 is 9.47 Å². The average molecular weight is 324 g/mol. The molecule has 0 aliphatic carbocycles. The highest BCUT2D eigenvalue weighted by atomic mass is 79.9. The standard InChI is InChI=1S/C13H14BrN3O2/c1-7-10-4-8(14)5-11(12(10)17-13(15)16-7)19-9-2-3-18-6-9/h4-5,9H,2-3,6H2,1H3,(H2,15,16,17)/t9-/m0/s1.